The maximum atomic E-state index is 12.2. The molecule has 2 atom stereocenters. The second-order valence-electron chi connectivity index (χ2n) is 9.28. The molecule has 0 spiro atoms. The van der Waals surface area contributed by atoms with Gasteiger partial charge in [0.2, 0.25) is 0 Å². The first-order valence-electron chi connectivity index (χ1n) is 11.8. The highest BCUT2D eigenvalue weighted by Crippen LogP contribution is 2.28. The molecule has 0 aromatic heterocycles. The molecule has 3 aliphatic carbocycles. The smallest absolute Gasteiger partial charge is 0.315 e. The van der Waals surface area contributed by atoms with Crippen LogP contribution in [-0.2, 0) is 0 Å². The average molecular weight is 393 g/mol. The van der Waals surface area contributed by atoms with Crippen molar-refractivity contribution in [1.29, 1.82) is 0 Å². The van der Waals surface area contributed by atoms with Crippen LogP contribution in [-0.4, -0.2) is 37.2 Å². The van der Waals surface area contributed by atoms with Gasteiger partial charge in [0.15, 0.2) is 0 Å². The summed E-state index contributed by atoms with van der Waals surface area (Å²) in [5, 5.41) is 12.4. The monoisotopic (exact) mass is 392 g/mol. The number of nitrogens with one attached hydrogen (secondary N) is 4. The quantitative estimate of drug-likeness (QED) is 0.550. The van der Waals surface area contributed by atoms with Crippen molar-refractivity contribution in [1.82, 2.24) is 21.3 Å². The third-order valence-electron chi connectivity index (χ3n) is 6.87. The van der Waals surface area contributed by atoms with Gasteiger partial charge >= 0.3 is 12.1 Å². The van der Waals surface area contributed by atoms with Crippen molar-refractivity contribution in [3.8, 4) is 0 Å². The molecule has 0 heterocycles. The zero-order chi connectivity index (χ0) is 19.6. The lowest BCUT2D eigenvalue weighted by molar-refractivity contribution is 0.215. The zero-order valence-electron chi connectivity index (χ0n) is 17.4. The van der Waals surface area contributed by atoms with E-state index in [9.17, 15) is 9.59 Å². The molecule has 0 saturated heterocycles. The van der Waals surface area contributed by atoms with E-state index in [1.54, 1.807) is 0 Å². The Bertz CT molecular complexity index is 445. The summed E-state index contributed by atoms with van der Waals surface area (Å²) in [6, 6.07) is 0.720. The van der Waals surface area contributed by atoms with Crippen LogP contribution in [0.3, 0.4) is 0 Å². The van der Waals surface area contributed by atoms with Crippen molar-refractivity contribution in [3.05, 3.63) is 0 Å². The van der Waals surface area contributed by atoms with E-state index in [0.717, 1.165) is 45.2 Å². The van der Waals surface area contributed by atoms with Gasteiger partial charge in [0.05, 0.1) is 0 Å². The fourth-order valence-corrected chi connectivity index (χ4v) is 5.21. The van der Waals surface area contributed by atoms with Crippen LogP contribution >= 0.6 is 0 Å². The summed E-state index contributed by atoms with van der Waals surface area (Å²) in [5.74, 6) is 1.05. The Balaban J connectivity index is 1.28. The Kier molecular flexibility index (Phi) is 8.74. The molecule has 4 amide bonds. The van der Waals surface area contributed by atoms with E-state index in [2.05, 4.69) is 21.3 Å². The molecule has 0 aliphatic heterocycles. The summed E-state index contributed by atoms with van der Waals surface area (Å²) in [5.41, 5.74) is 0. The molecule has 3 rings (SSSR count). The average Bonchev–Trinajstić information content (AvgIpc) is 2.73. The van der Waals surface area contributed by atoms with E-state index in [-0.39, 0.29) is 12.1 Å². The summed E-state index contributed by atoms with van der Waals surface area (Å²) in [4.78, 5) is 24.3. The van der Waals surface area contributed by atoms with Gasteiger partial charge in [-0.25, -0.2) is 9.59 Å². The summed E-state index contributed by atoms with van der Waals surface area (Å²) in [6.45, 7) is 1.51. The van der Waals surface area contributed by atoms with Crippen LogP contribution in [0.1, 0.15) is 89.9 Å². The van der Waals surface area contributed by atoms with Crippen LogP contribution in [0.15, 0.2) is 0 Å². The summed E-state index contributed by atoms with van der Waals surface area (Å²) in [6.07, 6.45) is 16.6. The van der Waals surface area contributed by atoms with E-state index in [0.29, 0.717) is 23.9 Å². The zero-order valence-corrected chi connectivity index (χ0v) is 17.4. The van der Waals surface area contributed by atoms with Crippen LogP contribution < -0.4 is 21.3 Å². The normalized spacial score (nSPS) is 27.0. The molecule has 6 nitrogen and oxygen atoms in total. The molecule has 4 N–H and O–H groups in total. The van der Waals surface area contributed by atoms with Crippen LogP contribution in [0.5, 0.6) is 0 Å². The van der Waals surface area contributed by atoms with Crippen molar-refractivity contribution in [3.63, 3.8) is 0 Å². The van der Waals surface area contributed by atoms with Gasteiger partial charge in [-0.1, -0.05) is 44.9 Å². The van der Waals surface area contributed by atoms with Gasteiger partial charge in [-0.05, 0) is 56.8 Å². The van der Waals surface area contributed by atoms with Gasteiger partial charge in [0.25, 0.3) is 0 Å². The lowest BCUT2D eigenvalue weighted by atomic mass is 9.81. The summed E-state index contributed by atoms with van der Waals surface area (Å²) >= 11 is 0. The molecule has 0 aromatic rings. The molecule has 0 unspecified atom stereocenters. The van der Waals surface area contributed by atoms with Crippen LogP contribution in [0, 0.1) is 11.8 Å². The minimum atomic E-state index is -0.000918. The van der Waals surface area contributed by atoms with Crippen molar-refractivity contribution < 1.29 is 9.59 Å². The first-order valence-corrected chi connectivity index (χ1v) is 11.8. The van der Waals surface area contributed by atoms with Crippen molar-refractivity contribution in [2.45, 2.75) is 102 Å². The molecule has 3 fully saturated rings. The topological polar surface area (TPSA) is 82.3 Å². The second-order valence-corrected chi connectivity index (χ2v) is 9.28. The fourth-order valence-electron chi connectivity index (χ4n) is 5.21. The van der Waals surface area contributed by atoms with Crippen molar-refractivity contribution >= 4 is 12.1 Å². The maximum Gasteiger partial charge on any atom is 0.315 e. The molecule has 0 radical (unpaired) electrons. The Labute approximate surface area is 170 Å². The second kappa shape index (κ2) is 11.5. The van der Waals surface area contributed by atoms with Gasteiger partial charge < -0.3 is 21.3 Å². The van der Waals surface area contributed by atoms with Gasteiger partial charge in [-0.3, -0.25) is 0 Å². The molecule has 160 valence electrons. The molecule has 0 bridgehead atoms. The lowest BCUT2D eigenvalue weighted by Gasteiger charge is -2.30. The number of carbonyl (C=O) groups is 2. The number of hydrogen-bond acceptors (Lipinski definition) is 2. The number of hydrogen-bond donors (Lipinski definition) is 4. The standard InChI is InChI=1S/C22H40N4O2/c27-21(25-19-10-3-1-4-11-19)23-15-17-8-7-9-18(14-17)16-24-22(28)26-20-12-5-2-6-13-20/h17-20H,1-16H2,(H2,23,25,27)(H2,24,26,28)/t17-,18-/m0/s1. The molecular weight excluding hydrogens is 352 g/mol. The minimum Gasteiger partial charge on any atom is -0.338 e. The summed E-state index contributed by atoms with van der Waals surface area (Å²) < 4.78 is 0. The number of carbonyl (C=O) groups excluding carboxylic acids is 2. The van der Waals surface area contributed by atoms with E-state index < -0.39 is 0 Å². The SMILES string of the molecule is O=C(NC[C@H]1CCC[C@H](CNC(=O)NC2CCCCC2)C1)NC1CCCCC1. The fraction of sp³-hybridized carbons (Fsp3) is 0.909. The number of amides is 4. The maximum absolute atomic E-state index is 12.2. The Morgan fingerprint density at radius 1 is 0.571 bits per heavy atom. The number of rotatable bonds is 6. The van der Waals surface area contributed by atoms with E-state index in [1.165, 1.54) is 57.8 Å². The van der Waals surface area contributed by atoms with E-state index in [1.807, 2.05) is 0 Å². The van der Waals surface area contributed by atoms with Crippen LogP contribution in [0.2, 0.25) is 0 Å². The molecule has 3 saturated carbocycles. The molecule has 6 heteroatoms. The van der Waals surface area contributed by atoms with Crippen molar-refractivity contribution in [2.24, 2.45) is 11.8 Å². The predicted molar refractivity (Wildman–Crippen MR) is 112 cm³/mol. The van der Waals surface area contributed by atoms with Gasteiger partial charge in [-0.15, -0.1) is 0 Å². The first kappa shape index (κ1) is 21.3. The largest absolute Gasteiger partial charge is 0.338 e. The molecule has 0 aromatic carbocycles. The van der Waals surface area contributed by atoms with Crippen LogP contribution in [0.25, 0.3) is 0 Å². The minimum absolute atomic E-state index is 0.000918. The van der Waals surface area contributed by atoms with E-state index >= 15 is 0 Å². The summed E-state index contributed by atoms with van der Waals surface area (Å²) in [7, 11) is 0. The van der Waals surface area contributed by atoms with Gasteiger partial charge in [0.1, 0.15) is 0 Å². The van der Waals surface area contributed by atoms with Crippen LogP contribution in [0.4, 0.5) is 9.59 Å². The molecule has 3 aliphatic rings. The lowest BCUT2D eigenvalue weighted by Crippen LogP contribution is -2.46. The number of urea groups is 2. The molecular formula is C22H40N4O2. The van der Waals surface area contributed by atoms with Gasteiger partial charge in [-0.2, -0.15) is 0 Å². The van der Waals surface area contributed by atoms with E-state index in [4.69, 9.17) is 0 Å². The Morgan fingerprint density at radius 2 is 1.00 bits per heavy atom. The Hall–Kier alpha value is -1.46. The van der Waals surface area contributed by atoms with Crippen molar-refractivity contribution in [2.75, 3.05) is 13.1 Å². The highest BCUT2D eigenvalue weighted by atomic mass is 16.2. The molecule has 28 heavy (non-hydrogen) atoms. The van der Waals surface area contributed by atoms with Gasteiger partial charge in [0, 0.05) is 25.2 Å². The first-order chi connectivity index (χ1) is 13.7. The highest BCUT2D eigenvalue weighted by Gasteiger charge is 2.24. The Morgan fingerprint density at radius 3 is 1.43 bits per heavy atom. The highest BCUT2D eigenvalue weighted by molar-refractivity contribution is 5.74. The third-order valence-corrected chi connectivity index (χ3v) is 6.87. The third kappa shape index (κ3) is 7.51. The predicted octanol–water partition coefficient (Wildman–Crippen LogP) is 4.06.